The van der Waals surface area contributed by atoms with Crippen LogP contribution in [0, 0.1) is 0 Å². The zero-order valence-corrected chi connectivity index (χ0v) is 21.8. The van der Waals surface area contributed by atoms with E-state index in [0.29, 0.717) is 6.54 Å². The van der Waals surface area contributed by atoms with Crippen LogP contribution in [0.5, 0.6) is 0 Å². The van der Waals surface area contributed by atoms with Crippen LogP contribution in [0.2, 0.25) is 0 Å². The van der Waals surface area contributed by atoms with Crippen LogP contribution in [-0.4, -0.2) is 46.1 Å². The predicted molar refractivity (Wildman–Crippen MR) is 133 cm³/mol. The first-order chi connectivity index (χ1) is 17.4. The van der Waals surface area contributed by atoms with Crippen LogP contribution >= 0.6 is 0 Å². The largest absolute Gasteiger partial charge is 0.356 e. The lowest BCUT2D eigenvalue weighted by atomic mass is 10.1. The van der Waals surface area contributed by atoms with Crippen LogP contribution in [-0.2, 0) is 33.8 Å². The van der Waals surface area contributed by atoms with Gasteiger partial charge >= 0.3 is 17.9 Å². The minimum atomic E-state index is -0.777. The van der Waals surface area contributed by atoms with E-state index in [1.165, 1.54) is 32.1 Å². The fraction of sp³-hybridized carbons (Fsp3) is 0.840. The number of unbranched alkanes of at least 4 members (excludes halogenated alkanes) is 13. The molecular formula is C25H47NO10. The summed E-state index contributed by atoms with van der Waals surface area (Å²) in [5.74, 6) is -2.11. The van der Waals surface area contributed by atoms with Gasteiger partial charge in [0.25, 0.3) is 0 Å². The number of amides is 1. The first-order valence-corrected chi connectivity index (χ1v) is 13.2. The minimum absolute atomic E-state index is 0.0654. The summed E-state index contributed by atoms with van der Waals surface area (Å²) in [4.78, 5) is 53.5. The molecule has 0 aromatic heterocycles. The van der Waals surface area contributed by atoms with Crippen molar-refractivity contribution < 1.29 is 49.6 Å². The Morgan fingerprint density at radius 2 is 0.861 bits per heavy atom. The first-order valence-electron chi connectivity index (χ1n) is 13.2. The van der Waals surface area contributed by atoms with Gasteiger partial charge < -0.3 is 20.0 Å². The average Bonchev–Trinajstić information content (AvgIpc) is 2.89. The van der Waals surface area contributed by atoms with E-state index in [1.54, 1.807) is 0 Å². The first kappa shape index (κ1) is 35.9. The molecule has 0 aliphatic rings. The molecule has 11 nitrogen and oxygen atoms in total. The van der Waals surface area contributed by atoms with Crippen molar-refractivity contribution in [2.45, 2.75) is 129 Å². The molecule has 0 rings (SSSR count). The molecule has 0 unspecified atom stereocenters. The number of hydrogen-bond acceptors (Lipinski definition) is 10. The molecular weight excluding hydrogens is 474 g/mol. The molecule has 0 saturated carbocycles. The van der Waals surface area contributed by atoms with Gasteiger partial charge in [-0.05, 0) is 19.3 Å². The topological polar surface area (TPSA) is 169 Å². The summed E-state index contributed by atoms with van der Waals surface area (Å²) in [6, 6.07) is 0. The molecule has 0 aliphatic carbocycles. The zero-order valence-electron chi connectivity index (χ0n) is 21.8. The van der Waals surface area contributed by atoms with E-state index in [4.69, 9.17) is 15.8 Å². The Balaban J connectivity index is 0. The van der Waals surface area contributed by atoms with Crippen molar-refractivity contribution in [3.8, 4) is 0 Å². The van der Waals surface area contributed by atoms with Gasteiger partial charge in [-0.2, -0.15) is 15.8 Å². The summed E-state index contributed by atoms with van der Waals surface area (Å²) < 4.78 is 0. The van der Waals surface area contributed by atoms with Crippen LogP contribution in [0.1, 0.15) is 129 Å². The van der Waals surface area contributed by atoms with Crippen molar-refractivity contribution in [1.82, 2.24) is 5.32 Å². The van der Waals surface area contributed by atoms with Gasteiger partial charge in [-0.1, -0.05) is 84.0 Å². The Morgan fingerprint density at radius 3 is 1.28 bits per heavy atom. The van der Waals surface area contributed by atoms with Crippen LogP contribution in [0.3, 0.4) is 0 Å². The molecule has 0 heterocycles. The second-order valence-electron chi connectivity index (χ2n) is 8.69. The summed E-state index contributed by atoms with van der Waals surface area (Å²) in [6.45, 7) is 2.85. The molecule has 4 N–H and O–H groups in total. The second-order valence-corrected chi connectivity index (χ2v) is 8.69. The van der Waals surface area contributed by atoms with E-state index in [2.05, 4.69) is 26.9 Å². The predicted octanol–water partition coefficient (Wildman–Crippen LogP) is 5.57. The number of hydrogen-bond donors (Lipinski definition) is 4. The fourth-order valence-corrected chi connectivity index (χ4v) is 3.35. The fourth-order valence-electron chi connectivity index (χ4n) is 3.35. The summed E-state index contributed by atoms with van der Waals surface area (Å²) in [5, 5.41) is 26.8. The third-order valence-corrected chi connectivity index (χ3v) is 5.48. The molecule has 0 fully saturated rings. The Labute approximate surface area is 214 Å². The molecule has 1 amide bonds. The van der Waals surface area contributed by atoms with Gasteiger partial charge in [-0.3, -0.25) is 4.79 Å². The molecule has 0 saturated heterocycles. The van der Waals surface area contributed by atoms with Gasteiger partial charge in [0.05, 0.1) is 6.42 Å². The van der Waals surface area contributed by atoms with Crippen molar-refractivity contribution in [3.63, 3.8) is 0 Å². The van der Waals surface area contributed by atoms with Gasteiger partial charge in [-0.15, -0.1) is 0 Å². The number of carbonyl (C=O) groups is 4. The summed E-state index contributed by atoms with van der Waals surface area (Å²) in [5.41, 5.74) is 0. The Kier molecular flexibility index (Phi) is 28.9. The third-order valence-electron chi connectivity index (χ3n) is 5.48. The zero-order chi connectivity index (χ0) is 27.3. The highest BCUT2D eigenvalue weighted by atomic mass is 17.1. The number of carbonyl (C=O) groups excluding carboxylic acids is 4. The van der Waals surface area contributed by atoms with E-state index < -0.39 is 17.9 Å². The Bertz CT molecular complexity index is 533. The smallest absolute Gasteiger partial charge is 0.342 e. The van der Waals surface area contributed by atoms with E-state index in [9.17, 15) is 19.2 Å². The maximum absolute atomic E-state index is 11.2. The summed E-state index contributed by atoms with van der Waals surface area (Å²) in [6.07, 6.45) is 16.6. The van der Waals surface area contributed by atoms with Crippen LogP contribution in [0.15, 0.2) is 0 Å². The van der Waals surface area contributed by atoms with Crippen molar-refractivity contribution >= 4 is 23.8 Å². The average molecular weight is 522 g/mol. The van der Waals surface area contributed by atoms with E-state index in [1.807, 2.05) is 0 Å². The lowest BCUT2D eigenvalue weighted by Crippen LogP contribution is -2.24. The van der Waals surface area contributed by atoms with Gasteiger partial charge in [0.15, 0.2) is 0 Å². The molecule has 0 aromatic rings. The van der Waals surface area contributed by atoms with Crippen LogP contribution < -0.4 is 5.32 Å². The molecule has 0 radical (unpaired) electrons. The highest BCUT2D eigenvalue weighted by molar-refractivity contribution is 5.80. The van der Waals surface area contributed by atoms with Crippen molar-refractivity contribution in [3.05, 3.63) is 0 Å². The molecule has 0 aromatic carbocycles. The summed E-state index contributed by atoms with van der Waals surface area (Å²) >= 11 is 0. The Hall–Kier alpha value is -2.24. The molecule has 0 aliphatic heterocycles. The normalized spacial score (nSPS) is 10.1. The molecule has 36 heavy (non-hydrogen) atoms. The SMILES string of the molecule is CCCCCCCCCNC(=O)CCC(=O)OO.O=C(CCCCCCCCCCC(=O)OO)OO. The van der Waals surface area contributed by atoms with Gasteiger partial charge in [-0.25, -0.2) is 14.4 Å². The molecule has 0 spiro atoms. The standard InChI is InChI=1S/C13H25NO4.C12H22O6/c1-2-3-4-5-6-7-8-11-14-12(15)9-10-13(16)18-17;13-11(17-15)9-7-5-3-1-2-4-6-8-10-12(14)18-16/h17H,2-11H2,1H3,(H,14,15);15-16H,1-10H2. The van der Waals surface area contributed by atoms with E-state index in [-0.39, 0.29) is 31.6 Å². The maximum atomic E-state index is 11.2. The molecule has 11 heteroatoms. The quantitative estimate of drug-likeness (QED) is 0.0611. The van der Waals surface area contributed by atoms with Gasteiger partial charge in [0.1, 0.15) is 0 Å². The van der Waals surface area contributed by atoms with Gasteiger partial charge in [0, 0.05) is 25.8 Å². The van der Waals surface area contributed by atoms with Crippen LogP contribution in [0.25, 0.3) is 0 Å². The van der Waals surface area contributed by atoms with Gasteiger partial charge in [0.2, 0.25) is 5.91 Å². The summed E-state index contributed by atoms with van der Waals surface area (Å²) in [7, 11) is 0. The highest BCUT2D eigenvalue weighted by Crippen LogP contribution is 2.11. The number of nitrogens with one attached hydrogen (secondary N) is 1. The van der Waals surface area contributed by atoms with Crippen molar-refractivity contribution in [2.24, 2.45) is 0 Å². The monoisotopic (exact) mass is 521 g/mol. The highest BCUT2D eigenvalue weighted by Gasteiger charge is 2.07. The molecule has 0 atom stereocenters. The van der Waals surface area contributed by atoms with E-state index in [0.717, 1.165) is 64.2 Å². The molecule has 0 bridgehead atoms. The maximum Gasteiger partial charge on any atom is 0.342 e. The third kappa shape index (κ3) is 29.8. The van der Waals surface area contributed by atoms with Crippen molar-refractivity contribution in [1.29, 1.82) is 0 Å². The lowest BCUT2D eigenvalue weighted by Gasteiger charge is -2.04. The minimum Gasteiger partial charge on any atom is -0.356 e. The lowest BCUT2D eigenvalue weighted by molar-refractivity contribution is -0.234. The van der Waals surface area contributed by atoms with E-state index >= 15 is 0 Å². The molecule has 212 valence electrons. The Morgan fingerprint density at radius 1 is 0.500 bits per heavy atom. The van der Waals surface area contributed by atoms with Crippen LogP contribution in [0.4, 0.5) is 0 Å². The second kappa shape index (κ2) is 29.0. The van der Waals surface area contributed by atoms with Crippen molar-refractivity contribution in [2.75, 3.05) is 6.54 Å². The number of rotatable bonds is 22.